The largest absolute Gasteiger partial charge is 0.480 e. The van der Waals surface area contributed by atoms with E-state index in [9.17, 15) is 18.3 Å². The summed E-state index contributed by atoms with van der Waals surface area (Å²) in [6, 6.07) is 0. The first kappa shape index (κ1) is 16.0. The quantitative estimate of drug-likeness (QED) is 0.848. The van der Waals surface area contributed by atoms with Gasteiger partial charge in [-0.25, -0.2) is 8.42 Å². The summed E-state index contributed by atoms with van der Waals surface area (Å²) in [4.78, 5) is 11.6. The third-order valence-electron chi connectivity index (χ3n) is 4.27. The van der Waals surface area contributed by atoms with Gasteiger partial charge in [0.15, 0.2) is 0 Å². The molecule has 0 aliphatic heterocycles. The van der Waals surface area contributed by atoms with Crippen LogP contribution in [0.2, 0.25) is 0 Å². The zero-order valence-corrected chi connectivity index (χ0v) is 13.1. The van der Waals surface area contributed by atoms with Crippen molar-refractivity contribution in [1.82, 2.24) is 14.5 Å². The highest BCUT2D eigenvalue weighted by molar-refractivity contribution is 7.89. The van der Waals surface area contributed by atoms with Gasteiger partial charge in [-0.3, -0.25) is 9.48 Å². The normalized spacial score (nSPS) is 26.7. The van der Waals surface area contributed by atoms with Gasteiger partial charge in [0.05, 0.1) is 6.20 Å². The van der Waals surface area contributed by atoms with E-state index < -0.39 is 21.5 Å². The predicted molar refractivity (Wildman–Crippen MR) is 76.1 cm³/mol. The van der Waals surface area contributed by atoms with Crippen molar-refractivity contribution >= 4 is 16.0 Å². The zero-order chi connectivity index (χ0) is 15.7. The van der Waals surface area contributed by atoms with E-state index in [1.165, 1.54) is 17.1 Å². The highest BCUT2D eigenvalue weighted by Crippen LogP contribution is 2.35. The van der Waals surface area contributed by atoms with E-state index >= 15 is 0 Å². The summed E-state index contributed by atoms with van der Waals surface area (Å²) in [7, 11) is -2.27. The van der Waals surface area contributed by atoms with Crippen molar-refractivity contribution in [3.05, 3.63) is 12.4 Å². The molecular weight excluding hydrogens is 294 g/mol. The molecule has 0 spiro atoms. The van der Waals surface area contributed by atoms with Crippen LogP contribution in [0.25, 0.3) is 0 Å². The van der Waals surface area contributed by atoms with E-state index in [4.69, 9.17) is 0 Å². The van der Waals surface area contributed by atoms with Crippen LogP contribution in [0.15, 0.2) is 17.3 Å². The first-order chi connectivity index (χ1) is 9.79. The molecule has 0 aromatic carbocycles. The average Bonchev–Trinajstić information content (AvgIpc) is 2.86. The number of aryl methyl sites for hydroxylation is 1. The number of sulfonamides is 1. The number of hydrogen-bond donors (Lipinski definition) is 2. The molecule has 118 valence electrons. The fourth-order valence-corrected chi connectivity index (χ4v) is 4.19. The second-order valence-electron chi connectivity index (χ2n) is 5.69. The molecule has 21 heavy (non-hydrogen) atoms. The zero-order valence-electron chi connectivity index (χ0n) is 12.2. The van der Waals surface area contributed by atoms with Gasteiger partial charge in [0.2, 0.25) is 10.0 Å². The maximum Gasteiger partial charge on any atom is 0.324 e. The summed E-state index contributed by atoms with van der Waals surface area (Å²) in [5, 5.41) is 13.3. The van der Waals surface area contributed by atoms with Crippen molar-refractivity contribution in [2.75, 3.05) is 0 Å². The van der Waals surface area contributed by atoms with Crippen LogP contribution in [0.5, 0.6) is 0 Å². The molecule has 1 heterocycles. The van der Waals surface area contributed by atoms with E-state index in [-0.39, 0.29) is 4.90 Å². The maximum atomic E-state index is 12.3. The number of nitrogens with zero attached hydrogens (tertiary/aromatic N) is 2. The van der Waals surface area contributed by atoms with E-state index in [1.807, 2.05) is 0 Å². The van der Waals surface area contributed by atoms with Gasteiger partial charge in [0.1, 0.15) is 10.4 Å². The second-order valence-corrected chi connectivity index (χ2v) is 7.38. The molecule has 7 nitrogen and oxygen atoms in total. The maximum absolute atomic E-state index is 12.3. The second kappa shape index (κ2) is 5.76. The minimum absolute atomic E-state index is 0.0109. The summed E-state index contributed by atoms with van der Waals surface area (Å²) < 4.78 is 28.5. The highest BCUT2D eigenvalue weighted by Gasteiger charge is 2.45. The Kier molecular flexibility index (Phi) is 4.38. The summed E-state index contributed by atoms with van der Waals surface area (Å²) >= 11 is 0. The summed E-state index contributed by atoms with van der Waals surface area (Å²) in [6.07, 6.45) is 5.65. The Bertz CT molecular complexity index is 615. The molecule has 2 rings (SSSR count). The Hall–Kier alpha value is -1.41. The van der Waals surface area contributed by atoms with Crippen molar-refractivity contribution in [3.8, 4) is 0 Å². The average molecular weight is 315 g/mol. The molecule has 1 aromatic heterocycles. The molecule has 1 saturated carbocycles. The van der Waals surface area contributed by atoms with Crippen LogP contribution in [0, 0.1) is 5.92 Å². The predicted octanol–water partition coefficient (Wildman–Crippen LogP) is 1.12. The molecular formula is C13H21N3O4S. The smallest absolute Gasteiger partial charge is 0.324 e. The lowest BCUT2D eigenvalue weighted by atomic mass is 9.76. The molecule has 0 atom stereocenters. The lowest BCUT2D eigenvalue weighted by Crippen LogP contribution is -2.56. The van der Waals surface area contributed by atoms with Crippen molar-refractivity contribution < 1.29 is 18.3 Å². The Balaban J connectivity index is 2.23. The summed E-state index contributed by atoms with van der Waals surface area (Å²) in [6.45, 7) is 2.07. The number of aromatic nitrogens is 2. The van der Waals surface area contributed by atoms with Gasteiger partial charge in [-0.2, -0.15) is 9.82 Å². The van der Waals surface area contributed by atoms with Gasteiger partial charge in [0, 0.05) is 13.2 Å². The third kappa shape index (κ3) is 3.26. The Morgan fingerprint density at radius 1 is 1.52 bits per heavy atom. The van der Waals surface area contributed by atoms with E-state index in [0.717, 1.165) is 19.3 Å². The Morgan fingerprint density at radius 3 is 2.57 bits per heavy atom. The monoisotopic (exact) mass is 315 g/mol. The molecule has 2 N–H and O–H groups in total. The van der Waals surface area contributed by atoms with Crippen LogP contribution >= 0.6 is 0 Å². The summed E-state index contributed by atoms with van der Waals surface area (Å²) in [5.41, 5.74) is -1.40. The summed E-state index contributed by atoms with van der Waals surface area (Å²) in [5.74, 6) is -0.634. The van der Waals surface area contributed by atoms with Crippen LogP contribution in [-0.4, -0.2) is 34.8 Å². The van der Waals surface area contributed by atoms with Crippen LogP contribution in [-0.2, 0) is 21.9 Å². The number of hydrogen-bond acceptors (Lipinski definition) is 4. The molecule has 0 saturated heterocycles. The third-order valence-corrected chi connectivity index (χ3v) is 5.76. The van der Waals surface area contributed by atoms with Gasteiger partial charge >= 0.3 is 5.97 Å². The molecule has 0 radical (unpaired) electrons. The number of rotatable bonds is 5. The molecule has 0 amide bonds. The van der Waals surface area contributed by atoms with Gasteiger partial charge in [-0.05, 0) is 31.6 Å². The number of carboxylic acid groups (broad SMARTS) is 1. The van der Waals surface area contributed by atoms with Crippen molar-refractivity contribution in [2.24, 2.45) is 13.0 Å². The van der Waals surface area contributed by atoms with Crippen LogP contribution in [0.1, 0.15) is 39.0 Å². The SMILES string of the molecule is CCC1CCC(NS(=O)(=O)c2cnn(C)c2)(C(=O)O)CC1. The highest BCUT2D eigenvalue weighted by atomic mass is 32.2. The van der Waals surface area contributed by atoms with Gasteiger partial charge in [-0.1, -0.05) is 13.3 Å². The number of carboxylic acids is 1. The fourth-order valence-electron chi connectivity index (χ4n) is 2.79. The van der Waals surface area contributed by atoms with Gasteiger partial charge in [0.25, 0.3) is 0 Å². The van der Waals surface area contributed by atoms with Crippen LogP contribution < -0.4 is 4.72 Å². The van der Waals surface area contributed by atoms with Crippen molar-refractivity contribution in [3.63, 3.8) is 0 Å². The molecule has 0 unspecified atom stereocenters. The van der Waals surface area contributed by atoms with Crippen LogP contribution in [0.3, 0.4) is 0 Å². The number of carbonyl (C=O) groups is 1. The molecule has 1 aromatic rings. The van der Waals surface area contributed by atoms with Crippen molar-refractivity contribution in [1.29, 1.82) is 0 Å². The van der Waals surface area contributed by atoms with E-state index in [0.29, 0.717) is 18.8 Å². The van der Waals surface area contributed by atoms with Gasteiger partial charge < -0.3 is 5.11 Å². The lowest BCUT2D eigenvalue weighted by Gasteiger charge is -2.36. The van der Waals surface area contributed by atoms with E-state index in [2.05, 4.69) is 16.7 Å². The van der Waals surface area contributed by atoms with Crippen LogP contribution in [0.4, 0.5) is 0 Å². The Morgan fingerprint density at radius 2 is 2.14 bits per heavy atom. The molecule has 1 fully saturated rings. The minimum atomic E-state index is -3.88. The topological polar surface area (TPSA) is 101 Å². The van der Waals surface area contributed by atoms with E-state index in [1.54, 1.807) is 7.05 Å². The lowest BCUT2D eigenvalue weighted by molar-refractivity contribution is -0.145. The van der Waals surface area contributed by atoms with Crippen molar-refractivity contribution in [2.45, 2.75) is 49.5 Å². The molecule has 1 aliphatic carbocycles. The first-order valence-corrected chi connectivity index (χ1v) is 8.53. The molecule has 1 aliphatic rings. The fraction of sp³-hybridized carbons (Fsp3) is 0.692. The first-order valence-electron chi connectivity index (χ1n) is 7.05. The van der Waals surface area contributed by atoms with Gasteiger partial charge in [-0.15, -0.1) is 0 Å². The number of aliphatic carboxylic acids is 1. The Labute approximate surface area is 124 Å². The molecule has 0 bridgehead atoms. The standard InChI is InChI=1S/C13H21N3O4S/c1-3-10-4-6-13(7-5-10,12(17)18)15-21(19,20)11-8-14-16(2)9-11/h8-10,15H,3-7H2,1-2H3,(H,17,18). The minimum Gasteiger partial charge on any atom is -0.480 e. The molecule has 8 heteroatoms. The number of nitrogens with one attached hydrogen (secondary N) is 1.